The lowest BCUT2D eigenvalue weighted by molar-refractivity contribution is -0.118. The van der Waals surface area contributed by atoms with Gasteiger partial charge in [0.25, 0.3) is 5.91 Å². The standard InChI is InChI=1S/C19H20BrNO4S/c1-11-9-12(20)7-8-14(11)25-10-16(22)21-18-17(19(23)24-2)13-5-3-4-6-15(13)26-18/h7-9H,3-6,10H2,1-2H3,(H,21,22). The number of rotatable bonds is 5. The van der Waals surface area contributed by atoms with Crippen LogP contribution >= 0.6 is 27.3 Å². The molecule has 1 amide bonds. The molecule has 1 N–H and O–H groups in total. The highest BCUT2D eigenvalue weighted by molar-refractivity contribution is 9.10. The molecular weight excluding hydrogens is 418 g/mol. The van der Waals surface area contributed by atoms with Crippen LogP contribution in [-0.4, -0.2) is 25.6 Å². The van der Waals surface area contributed by atoms with Gasteiger partial charge in [-0.25, -0.2) is 4.79 Å². The largest absolute Gasteiger partial charge is 0.483 e. The van der Waals surface area contributed by atoms with Gasteiger partial charge in [-0.1, -0.05) is 15.9 Å². The summed E-state index contributed by atoms with van der Waals surface area (Å²) in [5.41, 5.74) is 2.46. The van der Waals surface area contributed by atoms with E-state index in [9.17, 15) is 9.59 Å². The van der Waals surface area contributed by atoms with E-state index >= 15 is 0 Å². The van der Waals surface area contributed by atoms with Crippen LogP contribution in [-0.2, 0) is 22.4 Å². The number of ether oxygens (including phenoxy) is 2. The molecule has 0 bridgehead atoms. The van der Waals surface area contributed by atoms with E-state index in [4.69, 9.17) is 9.47 Å². The van der Waals surface area contributed by atoms with Gasteiger partial charge >= 0.3 is 5.97 Å². The molecule has 0 spiro atoms. The van der Waals surface area contributed by atoms with E-state index in [1.54, 1.807) is 0 Å². The van der Waals surface area contributed by atoms with Crippen LogP contribution in [0.4, 0.5) is 5.00 Å². The molecule has 1 aliphatic rings. The highest BCUT2D eigenvalue weighted by Crippen LogP contribution is 2.38. The van der Waals surface area contributed by atoms with Crippen molar-refractivity contribution in [3.05, 3.63) is 44.2 Å². The lowest BCUT2D eigenvalue weighted by atomic mass is 9.95. The lowest BCUT2D eigenvalue weighted by Crippen LogP contribution is -2.21. The highest BCUT2D eigenvalue weighted by Gasteiger charge is 2.26. The van der Waals surface area contributed by atoms with Gasteiger partial charge in [0, 0.05) is 9.35 Å². The third-order valence-electron chi connectivity index (χ3n) is 4.31. The Morgan fingerprint density at radius 3 is 2.77 bits per heavy atom. The second-order valence-electron chi connectivity index (χ2n) is 6.15. The summed E-state index contributed by atoms with van der Waals surface area (Å²) < 4.78 is 11.5. The molecule has 3 rings (SSSR count). The number of hydrogen-bond donors (Lipinski definition) is 1. The summed E-state index contributed by atoms with van der Waals surface area (Å²) in [5.74, 6) is -0.0394. The molecule has 0 fully saturated rings. The molecule has 0 saturated carbocycles. The number of aryl methyl sites for hydroxylation is 2. The van der Waals surface area contributed by atoms with Crippen molar-refractivity contribution in [1.29, 1.82) is 0 Å². The molecule has 1 aromatic carbocycles. The maximum atomic E-state index is 12.3. The SMILES string of the molecule is COC(=O)c1c(NC(=O)COc2ccc(Br)cc2C)sc2c1CCCC2. The van der Waals surface area contributed by atoms with E-state index in [1.165, 1.54) is 18.4 Å². The first-order valence-corrected chi connectivity index (χ1v) is 10.0. The first kappa shape index (κ1) is 18.9. The van der Waals surface area contributed by atoms with E-state index in [2.05, 4.69) is 21.2 Å². The smallest absolute Gasteiger partial charge is 0.341 e. The normalized spacial score (nSPS) is 13.0. The van der Waals surface area contributed by atoms with Gasteiger partial charge in [0.1, 0.15) is 10.8 Å². The number of carbonyl (C=O) groups excluding carboxylic acids is 2. The number of esters is 1. The molecule has 1 aliphatic carbocycles. The fraction of sp³-hybridized carbons (Fsp3) is 0.368. The van der Waals surface area contributed by atoms with Gasteiger partial charge in [0.2, 0.25) is 0 Å². The van der Waals surface area contributed by atoms with Crippen molar-refractivity contribution in [2.75, 3.05) is 19.0 Å². The van der Waals surface area contributed by atoms with Crippen molar-refractivity contribution in [2.45, 2.75) is 32.6 Å². The Morgan fingerprint density at radius 1 is 1.27 bits per heavy atom. The zero-order valence-corrected chi connectivity index (χ0v) is 17.1. The van der Waals surface area contributed by atoms with Gasteiger partial charge in [-0.15, -0.1) is 11.3 Å². The van der Waals surface area contributed by atoms with Crippen molar-refractivity contribution in [3.63, 3.8) is 0 Å². The van der Waals surface area contributed by atoms with Gasteiger partial charge in [-0.05, 0) is 61.9 Å². The maximum Gasteiger partial charge on any atom is 0.341 e. The minimum Gasteiger partial charge on any atom is -0.483 e. The van der Waals surface area contributed by atoms with Gasteiger partial charge < -0.3 is 14.8 Å². The molecule has 0 unspecified atom stereocenters. The summed E-state index contributed by atoms with van der Waals surface area (Å²) in [5, 5.41) is 3.39. The first-order valence-electron chi connectivity index (χ1n) is 8.41. The Kier molecular flexibility index (Phi) is 5.98. The van der Waals surface area contributed by atoms with Gasteiger partial charge in [-0.2, -0.15) is 0 Å². The van der Waals surface area contributed by atoms with Crippen molar-refractivity contribution in [3.8, 4) is 5.75 Å². The third-order valence-corrected chi connectivity index (χ3v) is 6.01. The molecule has 138 valence electrons. The number of anilines is 1. The second kappa shape index (κ2) is 8.22. The summed E-state index contributed by atoms with van der Waals surface area (Å²) in [6.45, 7) is 1.80. The van der Waals surface area contributed by atoms with Crippen LogP contribution in [0.5, 0.6) is 5.75 Å². The maximum absolute atomic E-state index is 12.3. The molecular formula is C19H20BrNO4S. The van der Waals surface area contributed by atoms with Crippen LogP contribution in [0.15, 0.2) is 22.7 Å². The Labute approximate surface area is 164 Å². The summed E-state index contributed by atoms with van der Waals surface area (Å²) in [6, 6.07) is 5.61. The topological polar surface area (TPSA) is 64.6 Å². The monoisotopic (exact) mass is 437 g/mol. The molecule has 1 heterocycles. The molecule has 26 heavy (non-hydrogen) atoms. The van der Waals surface area contributed by atoms with E-state index in [0.29, 0.717) is 16.3 Å². The molecule has 5 nitrogen and oxygen atoms in total. The predicted octanol–water partition coefficient (Wildman–Crippen LogP) is 4.50. The number of amides is 1. The van der Waals surface area contributed by atoms with Crippen molar-refractivity contribution >= 4 is 44.1 Å². The van der Waals surface area contributed by atoms with Crippen LogP contribution in [0.3, 0.4) is 0 Å². The van der Waals surface area contributed by atoms with Gasteiger partial charge in [0.15, 0.2) is 6.61 Å². The predicted molar refractivity (Wildman–Crippen MR) is 105 cm³/mol. The summed E-state index contributed by atoms with van der Waals surface area (Å²) in [4.78, 5) is 25.7. The Hall–Kier alpha value is -1.86. The second-order valence-corrected chi connectivity index (χ2v) is 8.17. The zero-order valence-electron chi connectivity index (χ0n) is 14.7. The van der Waals surface area contributed by atoms with Crippen LogP contribution in [0.1, 0.15) is 39.2 Å². The van der Waals surface area contributed by atoms with Crippen LogP contribution < -0.4 is 10.1 Å². The molecule has 7 heteroatoms. The van der Waals surface area contributed by atoms with Gasteiger partial charge in [-0.3, -0.25) is 4.79 Å². The number of carbonyl (C=O) groups is 2. The molecule has 0 aliphatic heterocycles. The number of fused-ring (bicyclic) bond motifs is 1. The van der Waals surface area contributed by atoms with Crippen molar-refractivity contribution < 1.29 is 19.1 Å². The summed E-state index contributed by atoms with van der Waals surface area (Å²) >= 11 is 4.87. The quantitative estimate of drug-likeness (QED) is 0.699. The molecule has 0 saturated heterocycles. The molecule has 2 aromatic rings. The number of methoxy groups -OCH3 is 1. The highest BCUT2D eigenvalue weighted by atomic mass is 79.9. The Morgan fingerprint density at radius 2 is 2.04 bits per heavy atom. The van der Waals surface area contributed by atoms with Crippen molar-refractivity contribution in [2.24, 2.45) is 0 Å². The molecule has 0 radical (unpaired) electrons. The van der Waals surface area contributed by atoms with Crippen LogP contribution in [0, 0.1) is 6.92 Å². The van der Waals surface area contributed by atoms with E-state index in [1.807, 2.05) is 25.1 Å². The van der Waals surface area contributed by atoms with Crippen LogP contribution in [0.2, 0.25) is 0 Å². The number of benzene rings is 1. The van der Waals surface area contributed by atoms with Crippen molar-refractivity contribution in [1.82, 2.24) is 0 Å². The van der Waals surface area contributed by atoms with Gasteiger partial charge in [0.05, 0.1) is 12.7 Å². The molecule has 1 aromatic heterocycles. The average molecular weight is 438 g/mol. The molecule has 0 atom stereocenters. The third kappa shape index (κ3) is 4.10. The lowest BCUT2D eigenvalue weighted by Gasteiger charge is -2.12. The minimum absolute atomic E-state index is 0.119. The fourth-order valence-corrected chi connectivity index (χ4v) is 4.82. The number of nitrogens with one attached hydrogen (secondary N) is 1. The van der Waals surface area contributed by atoms with E-state index in [0.717, 1.165) is 46.2 Å². The first-order chi connectivity index (χ1) is 12.5. The van der Waals surface area contributed by atoms with E-state index in [-0.39, 0.29) is 12.5 Å². The fourth-order valence-electron chi connectivity index (χ4n) is 3.05. The minimum atomic E-state index is -0.399. The number of thiophene rings is 1. The summed E-state index contributed by atoms with van der Waals surface area (Å²) in [7, 11) is 1.36. The Balaban J connectivity index is 1.72. The number of hydrogen-bond acceptors (Lipinski definition) is 5. The van der Waals surface area contributed by atoms with E-state index < -0.39 is 5.97 Å². The number of halogens is 1. The zero-order chi connectivity index (χ0) is 18.7. The Bertz CT molecular complexity index is 846. The summed E-state index contributed by atoms with van der Waals surface area (Å²) in [6.07, 6.45) is 3.94. The average Bonchev–Trinajstić information content (AvgIpc) is 2.98. The van der Waals surface area contributed by atoms with Crippen LogP contribution in [0.25, 0.3) is 0 Å².